The Morgan fingerprint density at radius 1 is 1.62 bits per heavy atom. The highest BCUT2D eigenvalue weighted by molar-refractivity contribution is 5.42. The Hall–Kier alpha value is -1.64. The van der Waals surface area contributed by atoms with Crippen LogP contribution in [-0.2, 0) is 4.74 Å². The van der Waals surface area contributed by atoms with E-state index in [2.05, 4.69) is 9.88 Å². The predicted octanol–water partition coefficient (Wildman–Crippen LogP) is 0.117. The summed E-state index contributed by atoms with van der Waals surface area (Å²) in [5.74, 6) is 0.820. The molecule has 0 spiro atoms. The summed E-state index contributed by atoms with van der Waals surface area (Å²) < 4.78 is 5.48. The standard InChI is InChI=1S/C11H14N4O/c12-6-9-2-1-3-11(14-9)15-4-5-16-10(7-13)8-15/h1-3,10H,4-5,7-8,13H2. The summed E-state index contributed by atoms with van der Waals surface area (Å²) in [6, 6.07) is 7.48. The van der Waals surface area contributed by atoms with Crippen molar-refractivity contribution >= 4 is 5.82 Å². The summed E-state index contributed by atoms with van der Waals surface area (Å²) >= 11 is 0. The van der Waals surface area contributed by atoms with Crippen molar-refractivity contribution in [1.82, 2.24) is 4.98 Å². The van der Waals surface area contributed by atoms with Gasteiger partial charge >= 0.3 is 0 Å². The van der Waals surface area contributed by atoms with Crippen LogP contribution in [0, 0.1) is 11.3 Å². The van der Waals surface area contributed by atoms with Gasteiger partial charge in [-0.25, -0.2) is 4.98 Å². The van der Waals surface area contributed by atoms with E-state index in [1.807, 2.05) is 18.2 Å². The number of nitrogens with zero attached hydrogens (tertiary/aromatic N) is 3. The molecule has 0 aromatic carbocycles. The number of hydrogen-bond donors (Lipinski definition) is 1. The number of hydrogen-bond acceptors (Lipinski definition) is 5. The average molecular weight is 218 g/mol. The highest BCUT2D eigenvalue weighted by Gasteiger charge is 2.20. The molecule has 5 nitrogen and oxygen atoms in total. The van der Waals surface area contributed by atoms with Crippen molar-refractivity contribution in [1.29, 1.82) is 5.26 Å². The molecule has 0 amide bonds. The van der Waals surface area contributed by atoms with Crippen molar-refractivity contribution in [2.24, 2.45) is 5.73 Å². The van der Waals surface area contributed by atoms with Crippen LogP contribution in [0.2, 0.25) is 0 Å². The Morgan fingerprint density at radius 2 is 2.50 bits per heavy atom. The Kier molecular flexibility index (Phi) is 3.34. The fraction of sp³-hybridized carbons (Fsp3) is 0.455. The first kappa shape index (κ1) is 10.9. The normalized spacial score (nSPS) is 20.5. The number of anilines is 1. The van der Waals surface area contributed by atoms with Crippen LogP contribution in [0.3, 0.4) is 0 Å². The lowest BCUT2D eigenvalue weighted by Crippen LogP contribution is -2.46. The molecule has 1 aliphatic rings. The first-order valence-corrected chi connectivity index (χ1v) is 5.27. The van der Waals surface area contributed by atoms with E-state index in [1.165, 1.54) is 0 Å². The van der Waals surface area contributed by atoms with Crippen LogP contribution in [0.1, 0.15) is 5.69 Å². The molecule has 0 radical (unpaired) electrons. The smallest absolute Gasteiger partial charge is 0.142 e. The van der Waals surface area contributed by atoms with Crippen molar-refractivity contribution in [2.75, 3.05) is 31.1 Å². The van der Waals surface area contributed by atoms with E-state index >= 15 is 0 Å². The van der Waals surface area contributed by atoms with E-state index in [4.69, 9.17) is 15.7 Å². The zero-order valence-electron chi connectivity index (χ0n) is 8.97. The summed E-state index contributed by atoms with van der Waals surface area (Å²) in [4.78, 5) is 6.35. The maximum absolute atomic E-state index is 8.78. The molecule has 2 heterocycles. The lowest BCUT2D eigenvalue weighted by atomic mass is 10.2. The molecule has 1 saturated heterocycles. The summed E-state index contributed by atoms with van der Waals surface area (Å²) in [6.07, 6.45) is 0.0568. The van der Waals surface area contributed by atoms with E-state index in [-0.39, 0.29) is 6.10 Å². The van der Waals surface area contributed by atoms with Gasteiger partial charge in [0.15, 0.2) is 0 Å². The van der Waals surface area contributed by atoms with E-state index in [1.54, 1.807) is 6.07 Å². The Balaban J connectivity index is 2.14. The van der Waals surface area contributed by atoms with Gasteiger partial charge in [0.05, 0.1) is 12.7 Å². The number of aromatic nitrogens is 1. The van der Waals surface area contributed by atoms with Crippen LogP contribution < -0.4 is 10.6 Å². The van der Waals surface area contributed by atoms with Gasteiger partial charge in [-0.2, -0.15) is 5.26 Å². The van der Waals surface area contributed by atoms with Gasteiger partial charge in [0.2, 0.25) is 0 Å². The number of nitrogens with two attached hydrogens (primary N) is 1. The SMILES string of the molecule is N#Cc1cccc(N2CCOC(CN)C2)n1. The number of ether oxygens (including phenoxy) is 1. The quantitative estimate of drug-likeness (QED) is 0.763. The maximum Gasteiger partial charge on any atom is 0.142 e. The van der Waals surface area contributed by atoms with Gasteiger partial charge in [-0.05, 0) is 12.1 Å². The number of rotatable bonds is 2. The van der Waals surface area contributed by atoms with Crippen molar-refractivity contribution in [3.8, 4) is 6.07 Å². The summed E-state index contributed by atoms with van der Waals surface area (Å²) in [5.41, 5.74) is 6.01. The van der Waals surface area contributed by atoms with E-state index in [9.17, 15) is 0 Å². The van der Waals surface area contributed by atoms with Crippen LogP contribution in [0.15, 0.2) is 18.2 Å². The second-order valence-corrected chi connectivity index (χ2v) is 3.67. The number of morpholine rings is 1. The van der Waals surface area contributed by atoms with Gasteiger partial charge in [-0.3, -0.25) is 0 Å². The average Bonchev–Trinajstić information content (AvgIpc) is 2.39. The third kappa shape index (κ3) is 2.30. The second-order valence-electron chi connectivity index (χ2n) is 3.67. The minimum absolute atomic E-state index is 0.0568. The Morgan fingerprint density at radius 3 is 3.25 bits per heavy atom. The molecule has 1 atom stereocenters. The van der Waals surface area contributed by atoms with Crippen molar-refractivity contribution < 1.29 is 4.74 Å². The molecule has 84 valence electrons. The maximum atomic E-state index is 8.78. The van der Waals surface area contributed by atoms with E-state index in [0.29, 0.717) is 18.8 Å². The van der Waals surface area contributed by atoms with Gasteiger partial charge in [-0.1, -0.05) is 6.07 Å². The van der Waals surface area contributed by atoms with Crippen molar-refractivity contribution in [2.45, 2.75) is 6.10 Å². The number of pyridine rings is 1. The second kappa shape index (κ2) is 4.92. The molecule has 5 heteroatoms. The van der Waals surface area contributed by atoms with Crippen LogP contribution in [-0.4, -0.2) is 37.3 Å². The predicted molar refractivity (Wildman–Crippen MR) is 60.0 cm³/mol. The summed E-state index contributed by atoms with van der Waals surface area (Å²) in [7, 11) is 0. The molecule has 16 heavy (non-hydrogen) atoms. The van der Waals surface area contributed by atoms with Crippen molar-refractivity contribution in [3.05, 3.63) is 23.9 Å². The zero-order chi connectivity index (χ0) is 11.4. The van der Waals surface area contributed by atoms with Crippen LogP contribution >= 0.6 is 0 Å². The molecule has 1 aliphatic heterocycles. The molecule has 0 saturated carbocycles. The summed E-state index contributed by atoms with van der Waals surface area (Å²) in [5, 5.41) is 8.78. The Labute approximate surface area is 94.4 Å². The van der Waals surface area contributed by atoms with E-state index < -0.39 is 0 Å². The molecule has 1 fully saturated rings. The van der Waals surface area contributed by atoms with Gasteiger partial charge in [0.1, 0.15) is 17.6 Å². The molecular weight excluding hydrogens is 204 g/mol. The van der Waals surface area contributed by atoms with Crippen LogP contribution in [0.25, 0.3) is 0 Å². The molecule has 2 rings (SSSR count). The minimum atomic E-state index is 0.0568. The first-order valence-electron chi connectivity index (χ1n) is 5.27. The van der Waals surface area contributed by atoms with Crippen molar-refractivity contribution in [3.63, 3.8) is 0 Å². The monoisotopic (exact) mass is 218 g/mol. The van der Waals surface area contributed by atoms with Crippen LogP contribution in [0.4, 0.5) is 5.82 Å². The molecule has 1 aromatic heterocycles. The van der Waals surface area contributed by atoms with Gasteiger partial charge in [0, 0.05) is 19.6 Å². The number of nitriles is 1. The third-order valence-electron chi connectivity index (χ3n) is 2.57. The Bertz CT molecular complexity index is 401. The van der Waals surface area contributed by atoms with Gasteiger partial charge < -0.3 is 15.4 Å². The van der Waals surface area contributed by atoms with E-state index in [0.717, 1.165) is 18.9 Å². The van der Waals surface area contributed by atoms with Gasteiger partial charge in [-0.15, -0.1) is 0 Å². The zero-order valence-corrected chi connectivity index (χ0v) is 8.97. The topological polar surface area (TPSA) is 75.2 Å². The fourth-order valence-electron chi connectivity index (χ4n) is 1.73. The van der Waals surface area contributed by atoms with Crippen LogP contribution in [0.5, 0.6) is 0 Å². The molecule has 1 aromatic rings. The largest absolute Gasteiger partial charge is 0.373 e. The lowest BCUT2D eigenvalue weighted by molar-refractivity contribution is 0.0463. The summed E-state index contributed by atoms with van der Waals surface area (Å²) in [6.45, 7) is 2.69. The molecule has 0 bridgehead atoms. The highest BCUT2D eigenvalue weighted by atomic mass is 16.5. The fourth-order valence-corrected chi connectivity index (χ4v) is 1.73. The minimum Gasteiger partial charge on any atom is -0.373 e. The van der Waals surface area contributed by atoms with Gasteiger partial charge in [0.25, 0.3) is 0 Å². The molecule has 2 N–H and O–H groups in total. The molecular formula is C11H14N4O. The highest BCUT2D eigenvalue weighted by Crippen LogP contribution is 2.15. The molecule has 1 unspecified atom stereocenters. The third-order valence-corrected chi connectivity index (χ3v) is 2.57. The molecule has 0 aliphatic carbocycles. The first-order chi connectivity index (χ1) is 7.83. The lowest BCUT2D eigenvalue weighted by Gasteiger charge is -2.33.